The van der Waals surface area contributed by atoms with Gasteiger partial charge in [0.05, 0.1) is 7.11 Å². The Bertz CT molecular complexity index is 780. The summed E-state index contributed by atoms with van der Waals surface area (Å²) in [5.41, 5.74) is 2.82. The Labute approximate surface area is 170 Å². The van der Waals surface area contributed by atoms with Crippen molar-refractivity contribution in [2.24, 2.45) is 0 Å². The molecule has 0 saturated heterocycles. The molecule has 2 rings (SSSR count). The van der Waals surface area contributed by atoms with Crippen molar-refractivity contribution < 1.29 is 18.7 Å². The molecule has 5 heteroatoms. The second-order valence-corrected chi connectivity index (χ2v) is 13.8. The van der Waals surface area contributed by atoms with E-state index in [1.165, 1.54) is 5.57 Å². The second kappa shape index (κ2) is 8.56. The van der Waals surface area contributed by atoms with Crippen LogP contribution < -0.4 is 9.16 Å². The van der Waals surface area contributed by atoms with E-state index >= 15 is 0 Å². The highest BCUT2D eigenvalue weighted by atomic mass is 28.4. The summed E-state index contributed by atoms with van der Waals surface area (Å²) in [5.74, 6) is 1.25. The van der Waals surface area contributed by atoms with Crippen molar-refractivity contribution in [3.8, 4) is 11.5 Å². The molecule has 0 radical (unpaired) electrons. The number of carbonyl (C=O) groups excluding carboxylic acids is 1. The third kappa shape index (κ3) is 5.28. The maximum atomic E-state index is 12.4. The molecule has 0 aromatic heterocycles. The number of hydrogen-bond acceptors (Lipinski definition) is 4. The maximum Gasteiger partial charge on any atom is 0.334 e. The van der Waals surface area contributed by atoms with Crippen LogP contribution in [-0.2, 0) is 9.53 Å². The van der Waals surface area contributed by atoms with Crippen molar-refractivity contribution in [1.29, 1.82) is 0 Å². The zero-order valence-electron chi connectivity index (χ0n) is 18.5. The molecule has 0 amide bonds. The van der Waals surface area contributed by atoms with E-state index in [2.05, 4.69) is 53.8 Å². The zero-order chi connectivity index (χ0) is 21.1. The molecule has 1 aliphatic heterocycles. The van der Waals surface area contributed by atoms with Gasteiger partial charge in [0, 0.05) is 11.1 Å². The Balaban J connectivity index is 2.34. The standard InChI is InChI=1S/C23H34O4Si/c1-16(2)10-9-11-17-14-21(26-22(17)24)19-15-18(25-6)12-13-20(19)27-28(7,8)23(3,4)5/h10,12-15,21H,9,11H2,1-8H3/t21-/m0/s1. The normalized spacial score (nSPS) is 17.1. The Kier molecular flexibility index (Phi) is 6.81. The summed E-state index contributed by atoms with van der Waals surface area (Å²) in [6.45, 7) is 15.2. The highest BCUT2D eigenvalue weighted by molar-refractivity contribution is 6.74. The lowest BCUT2D eigenvalue weighted by atomic mass is 10.0. The Morgan fingerprint density at radius 1 is 1.25 bits per heavy atom. The van der Waals surface area contributed by atoms with Gasteiger partial charge in [0.25, 0.3) is 0 Å². The third-order valence-electron chi connectivity index (χ3n) is 5.51. The Hall–Kier alpha value is -2.01. The number of carbonyl (C=O) groups is 1. The van der Waals surface area contributed by atoms with Crippen molar-refractivity contribution in [3.63, 3.8) is 0 Å². The minimum Gasteiger partial charge on any atom is -0.543 e. The molecular weight excluding hydrogens is 368 g/mol. The molecular formula is C23H34O4Si. The summed E-state index contributed by atoms with van der Waals surface area (Å²) in [6, 6.07) is 5.73. The van der Waals surface area contributed by atoms with Crippen LogP contribution in [0.15, 0.2) is 41.5 Å². The average molecular weight is 403 g/mol. The minimum atomic E-state index is -2.03. The van der Waals surface area contributed by atoms with Gasteiger partial charge in [-0.3, -0.25) is 0 Å². The summed E-state index contributed by atoms with van der Waals surface area (Å²) in [7, 11) is -0.399. The minimum absolute atomic E-state index is 0.0713. The lowest BCUT2D eigenvalue weighted by Gasteiger charge is -2.37. The first-order valence-corrected chi connectivity index (χ1v) is 12.8. The van der Waals surface area contributed by atoms with E-state index in [9.17, 15) is 4.79 Å². The van der Waals surface area contributed by atoms with Gasteiger partial charge in [0.2, 0.25) is 8.32 Å². The van der Waals surface area contributed by atoms with E-state index in [0.717, 1.165) is 29.1 Å². The van der Waals surface area contributed by atoms with Gasteiger partial charge in [0.15, 0.2) is 0 Å². The van der Waals surface area contributed by atoms with Crippen LogP contribution in [0.2, 0.25) is 18.1 Å². The first-order chi connectivity index (χ1) is 12.9. The van der Waals surface area contributed by atoms with Gasteiger partial charge in [-0.05, 0) is 69.1 Å². The molecule has 4 nitrogen and oxygen atoms in total. The van der Waals surface area contributed by atoms with E-state index in [4.69, 9.17) is 13.9 Å². The Morgan fingerprint density at radius 3 is 2.50 bits per heavy atom. The Morgan fingerprint density at radius 2 is 1.93 bits per heavy atom. The molecule has 1 heterocycles. The second-order valence-electron chi connectivity index (χ2n) is 9.10. The monoisotopic (exact) mass is 402 g/mol. The predicted octanol–water partition coefficient (Wildman–Crippen LogP) is 6.35. The van der Waals surface area contributed by atoms with E-state index in [0.29, 0.717) is 6.42 Å². The van der Waals surface area contributed by atoms with Crippen LogP contribution in [0.3, 0.4) is 0 Å². The van der Waals surface area contributed by atoms with Gasteiger partial charge in [0.1, 0.15) is 17.6 Å². The number of cyclic esters (lactones) is 1. The summed E-state index contributed by atoms with van der Waals surface area (Å²) in [6.07, 6.45) is 5.14. The summed E-state index contributed by atoms with van der Waals surface area (Å²) >= 11 is 0. The van der Waals surface area contributed by atoms with Crippen molar-refractivity contribution in [3.05, 3.63) is 47.1 Å². The fourth-order valence-corrected chi connectivity index (χ4v) is 3.77. The first-order valence-electron chi connectivity index (χ1n) is 9.86. The molecule has 0 fully saturated rings. The molecule has 0 aliphatic carbocycles. The predicted molar refractivity (Wildman–Crippen MR) is 116 cm³/mol. The van der Waals surface area contributed by atoms with Crippen LogP contribution in [0.5, 0.6) is 11.5 Å². The molecule has 154 valence electrons. The van der Waals surface area contributed by atoms with Crippen LogP contribution in [0, 0.1) is 0 Å². The summed E-state index contributed by atoms with van der Waals surface area (Å²) in [5, 5.41) is 0.0713. The SMILES string of the molecule is COc1ccc(O[Si](C)(C)C(C)(C)C)c([C@@H]2C=C(CCC=C(C)C)C(=O)O2)c1. The molecule has 0 N–H and O–H groups in total. The third-order valence-corrected chi connectivity index (χ3v) is 9.85. The van der Waals surface area contributed by atoms with Crippen LogP contribution in [-0.4, -0.2) is 21.4 Å². The van der Waals surface area contributed by atoms with Gasteiger partial charge in [-0.2, -0.15) is 0 Å². The van der Waals surface area contributed by atoms with Gasteiger partial charge >= 0.3 is 5.97 Å². The number of hydrogen-bond donors (Lipinski definition) is 0. The van der Waals surface area contributed by atoms with Crippen molar-refractivity contribution in [1.82, 2.24) is 0 Å². The number of ether oxygens (including phenoxy) is 2. The van der Waals surface area contributed by atoms with E-state index < -0.39 is 14.4 Å². The van der Waals surface area contributed by atoms with E-state index in [1.54, 1.807) is 7.11 Å². The number of esters is 1. The molecule has 1 aliphatic rings. The first kappa shape index (κ1) is 22.3. The van der Waals surface area contributed by atoms with E-state index in [1.807, 2.05) is 24.3 Å². The molecule has 0 unspecified atom stereocenters. The average Bonchev–Trinajstić information content (AvgIpc) is 2.94. The van der Waals surface area contributed by atoms with Crippen LogP contribution >= 0.6 is 0 Å². The van der Waals surface area contributed by atoms with Crippen LogP contribution in [0.1, 0.15) is 59.1 Å². The summed E-state index contributed by atoms with van der Waals surface area (Å²) < 4.78 is 17.6. The van der Waals surface area contributed by atoms with Crippen LogP contribution in [0.25, 0.3) is 0 Å². The highest BCUT2D eigenvalue weighted by Crippen LogP contribution is 2.42. The molecule has 1 aromatic rings. The molecule has 0 bridgehead atoms. The maximum absolute atomic E-state index is 12.4. The fraction of sp³-hybridized carbons (Fsp3) is 0.522. The molecule has 28 heavy (non-hydrogen) atoms. The number of benzene rings is 1. The number of rotatable bonds is 7. The number of methoxy groups -OCH3 is 1. The van der Waals surface area contributed by atoms with Crippen molar-refractivity contribution in [2.45, 2.75) is 71.7 Å². The van der Waals surface area contributed by atoms with Gasteiger partial charge in [-0.15, -0.1) is 0 Å². The van der Waals surface area contributed by atoms with Crippen molar-refractivity contribution in [2.75, 3.05) is 7.11 Å². The van der Waals surface area contributed by atoms with Gasteiger partial charge in [-0.1, -0.05) is 32.4 Å². The zero-order valence-corrected chi connectivity index (χ0v) is 19.5. The van der Waals surface area contributed by atoms with Gasteiger partial charge < -0.3 is 13.9 Å². The largest absolute Gasteiger partial charge is 0.543 e. The smallest absolute Gasteiger partial charge is 0.334 e. The quantitative estimate of drug-likeness (QED) is 0.303. The molecule has 0 spiro atoms. The number of allylic oxidation sites excluding steroid dienone is 2. The molecule has 0 saturated carbocycles. The lowest BCUT2D eigenvalue weighted by Crippen LogP contribution is -2.44. The van der Waals surface area contributed by atoms with E-state index in [-0.39, 0.29) is 11.0 Å². The molecule has 1 atom stereocenters. The van der Waals surface area contributed by atoms with Gasteiger partial charge in [-0.25, -0.2) is 4.79 Å². The topological polar surface area (TPSA) is 44.8 Å². The molecule has 1 aromatic carbocycles. The van der Waals surface area contributed by atoms with Crippen LogP contribution in [0.4, 0.5) is 0 Å². The summed E-state index contributed by atoms with van der Waals surface area (Å²) in [4.78, 5) is 12.4. The lowest BCUT2D eigenvalue weighted by molar-refractivity contribution is -0.140. The van der Waals surface area contributed by atoms with Crippen molar-refractivity contribution >= 4 is 14.3 Å². The highest BCUT2D eigenvalue weighted by Gasteiger charge is 2.40. The fourth-order valence-electron chi connectivity index (χ4n) is 2.73.